The SMILES string of the molecule is CC(C)(C)OC(N)=O.Cn1cnc(C2CC3CC(O)(CSc4ccc(F)cc4)CC3C2)c1C(=O)Nc1ccc(F)c(Cl)c1. The number of carbonyl (C=O) groups excluding carboxylic acids is 2. The number of amides is 2. The lowest BCUT2D eigenvalue weighted by Gasteiger charge is -2.24. The lowest BCUT2D eigenvalue weighted by molar-refractivity contribution is 0.0598. The molecule has 43 heavy (non-hydrogen) atoms. The van der Waals surface area contributed by atoms with Gasteiger partial charge in [0.25, 0.3) is 5.91 Å². The molecule has 2 saturated carbocycles. The molecular weight excluding hydrogens is 598 g/mol. The Balaban J connectivity index is 0.000000467. The maximum Gasteiger partial charge on any atom is 0.405 e. The first-order valence-electron chi connectivity index (χ1n) is 14.0. The van der Waals surface area contributed by atoms with Gasteiger partial charge in [0.1, 0.15) is 22.9 Å². The number of benzene rings is 2. The molecule has 2 aliphatic rings. The number of fused-ring (bicyclic) bond motifs is 1. The van der Waals surface area contributed by atoms with Gasteiger partial charge in [-0.05, 0) is 101 Å². The lowest BCUT2D eigenvalue weighted by Crippen LogP contribution is -2.29. The maximum atomic E-state index is 13.5. The van der Waals surface area contributed by atoms with Crippen LogP contribution in [-0.4, -0.2) is 43.6 Å². The highest BCUT2D eigenvalue weighted by atomic mass is 35.5. The summed E-state index contributed by atoms with van der Waals surface area (Å²) in [6.07, 6.45) is 4.08. The third-order valence-electron chi connectivity index (χ3n) is 7.60. The van der Waals surface area contributed by atoms with Crippen molar-refractivity contribution in [3.8, 4) is 0 Å². The number of imidazole rings is 1. The third kappa shape index (κ3) is 8.70. The van der Waals surface area contributed by atoms with Gasteiger partial charge in [-0.3, -0.25) is 4.79 Å². The summed E-state index contributed by atoms with van der Waals surface area (Å²) < 4.78 is 32.9. The van der Waals surface area contributed by atoms with E-state index >= 15 is 0 Å². The van der Waals surface area contributed by atoms with Gasteiger partial charge < -0.3 is 25.5 Å². The van der Waals surface area contributed by atoms with E-state index in [1.54, 1.807) is 62.6 Å². The first kappa shape index (κ1) is 32.8. The number of halogens is 3. The van der Waals surface area contributed by atoms with Crippen LogP contribution >= 0.6 is 23.4 Å². The summed E-state index contributed by atoms with van der Waals surface area (Å²) in [6, 6.07) is 10.4. The molecule has 5 rings (SSSR count). The van der Waals surface area contributed by atoms with E-state index in [4.69, 9.17) is 17.3 Å². The standard InChI is InChI=1S/C26H26ClF2N3O2S.C5H11NO2/c1-32-14-30-23(24(32)25(33)31-19-4-7-22(29)21(27)10-19)15-8-16-11-26(34,12-17(16)9-15)13-35-20-5-2-18(28)3-6-20;1-5(2,3)8-4(6)7/h2-7,10,14-17,34H,8-9,11-13H2,1H3,(H,31,33);1-3H3,(H2,6,7). The van der Waals surface area contributed by atoms with E-state index in [-0.39, 0.29) is 22.7 Å². The minimum Gasteiger partial charge on any atom is -0.444 e. The Morgan fingerprint density at radius 3 is 2.33 bits per heavy atom. The number of rotatable bonds is 6. The number of aromatic nitrogens is 2. The number of nitrogens with one attached hydrogen (secondary N) is 1. The van der Waals surface area contributed by atoms with E-state index in [0.29, 0.717) is 41.8 Å². The van der Waals surface area contributed by atoms with Crippen LogP contribution in [0.3, 0.4) is 0 Å². The van der Waals surface area contributed by atoms with Crippen molar-refractivity contribution < 1.29 is 28.2 Å². The van der Waals surface area contributed by atoms with E-state index in [2.05, 4.69) is 15.0 Å². The van der Waals surface area contributed by atoms with E-state index < -0.39 is 23.1 Å². The van der Waals surface area contributed by atoms with E-state index in [9.17, 15) is 23.5 Å². The zero-order chi connectivity index (χ0) is 31.5. The summed E-state index contributed by atoms with van der Waals surface area (Å²) >= 11 is 7.40. The molecule has 2 aliphatic carbocycles. The average Bonchev–Trinajstić information content (AvgIpc) is 3.56. The predicted octanol–water partition coefficient (Wildman–Crippen LogP) is 6.91. The molecule has 4 N–H and O–H groups in total. The number of aryl methyl sites for hydroxylation is 1. The molecule has 0 bridgehead atoms. The number of anilines is 1. The molecule has 0 spiro atoms. The molecule has 1 aromatic heterocycles. The van der Waals surface area contributed by atoms with Crippen molar-refractivity contribution in [2.24, 2.45) is 24.6 Å². The minimum atomic E-state index is -0.745. The molecule has 3 aromatic rings. The van der Waals surface area contributed by atoms with Crippen LogP contribution < -0.4 is 11.1 Å². The van der Waals surface area contributed by atoms with Gasteiger partial charge in [0.05, 0.1) is 22.6 Å². The Morgan fingerprint density at radius 1 is 1.16 bits per heavy atom. The van der Waals surface area contributed by atoms with Crippen molar-refractivity contribution in [3.63, 3.8) is 0 Å². The molecular formula is C31H37ClF2N4O4S. The number of aliphatic hydroxyl groups is 1. The Kier molecular flexibility index (Phi) is 10.1. The van der Waals surface area contributed by atoms with Crippen LogP contribution in [0, 0.1) is 23.5 Å². The first-order chi connectivity index (χ1) is 20.1. The molecule has 2 amide bonds. The first-order valence-corrected chi connectivity index (χ1v) is 15.4. The number of nitrogens with zero attached hydrogens (tertiary/aromatic N) is 2. The van der Waals surface area contributed by atoms with Crippen molar-refractivity contribution in [2.45, 2.75) is 68.5 Å². The van der Waals surface area contributed by atoms with Crippen molar-refractivity contribution in [3.05, 3.63) is 76.8 Å². The van der Waals surface area contributed by atoms with Crippen LogP contribution in [0.4, 0.5) is 19.3 Å². The Hall–Kier alpha value is -3.15. The molecule has 8 nitrogen and oxygen atoms in total. The highest BCUT2D eigenvalue weighted by molar-refractivity contribution is 7.99. The van der Waals surface area contributed by atoms with Crippen molar-refractivity contribution >= 4 is 41.1 Å². The number of primary amides is 1. The second kappa shape index (κ2) is 13.2. The number of carbonyl (C=O) groups is 2. The molecule has 2 atom stereocenters. The second-order valence-corrected chi connectivity index (χ2v) is 13.7. The van der Waals surface area contributed by atoms with Crippen LogP contribution in [-0.2, 0) is 11.8 Å². The van der Waals surface area contributed by atoms with E-state index in [1.807, 2.05) is 0 Å². The van der Waals surface area contributed by atoms with Crippen LogP contribution in [0.15, 0.2) is 53.7 Å². The smallest absolute Gasteiger partial charge is 0.405 e. The lowest BCUT2D eigenvalue weighted by atomic mass is 9.93. The van der Waals surface area contributed by atoms with E-state index in [0.717, 1.165) is 23.4 Å². The zero-order valence-electron chi connectivity index (χ0n) is 24.6. The minimum absolute atomic E-state index is 0.0540. The van der Waals surface area contributed by atoms with E-state index in [1.165, 1.54) is 30.3 Å². The number of hydrogen-bond acceptors (Lipinski definition) is 6. The molecule has 12 heteroatoms. The summed E-state index contributed by atoms with van der Waals surface area (Å²) in [4.78, 5) is 28.6. The van der Waals surface area contributed by atoms with Crippen molar-refractivity contribution in [1.82, 2.24) is 9.55 Å². The normalized spacial score (nSPS) is 22.8. The second-order valence-electron chi connectivity index (χ2n) is 12.3. The molecule has 2 unspecified atom stereocenters. The topological polar surface area (TPSA) is 119 Å². The van der Waals surface area contributed by atoms with Crippen LogP contribution in [0.1, 0.15) is 68.6 Å². The average molecular weight is 635 g/mol. The highest BCUT2D eigenvalue weighted by Crippen LogP contribution is 2.54. The van der Waals surface area contributed by atoms with Gasteiger partial charge in [0.15, 0.2) is 0 Å². The Morgan fingerprint density at radius 2 is 1.79 bits per heavy atom. The third-order valence-corrected chi connectivity index (χ3v) is 9.17. The van der Waals surface area contributed by atoms with Gasteiger partial charge in [0.2, 0.25) is 0 Å². The van der Waals surface area contributed by atoms with Gasteiger partial charge in [-0.15, -0.1) is 11.8 Å². The fourth-order valence-electron chi connectivity index (χ4n) is 5.95. The Bertz CT molecular complexity index is 1450. The molecule has 0 aliphatic heterocycles. The van der Waals surface area contributed by atoms with Crippen LogP contribution in [0.2, 0.25) is 5.02 Å². The number of nitrogens with two attached hydrogens (primary N) is 1. The fourth-order valence-corrected chi connectivity index (χ4v) is 7.13. The van der Waals surface area contributed by atoms with Crippen LogP contribution in [0.25, 0.3) is 0 Å². The monoisotopic (exact) mass is 634 g/mol. The number of ether oxygens (including phenoxy) is 1. The quantitative estimate of drug-likeness (QED) is 0.254. The van der Waals surface area contributed by atoms with Gasteiger partial charge in [0, 0.05) is 29.3 Å². The molecule has 1 heterocycles. The molecule has 0 radical (unpaired) electrons. The maximum absolute atomic E-state index is 13.5. The molecule has 232 valence electrons. The van der Waals surface area contributed by atoms with Gasteiger partial charge in [-0.25, -0.2) is 18.6 Å². The van der Waals surface area contributed by atoms with Crippen molar-refractivity contribution in [1.29, 1.82) is 0 Å². The predicted molar refractivity (Wildman–Crippen MR) is 163 cm³/mol. The molecule has 2 fully saturated rings. The summed E-state index contributed by atoms with van der Waals surface area (Å²) in [5.74, 6) is 0.330. The summed E-state index contributed by atoms with van der Waals surface area (Å²) in [5.41, 5.74) is 5.18. The van der Waals surface area contributed by atoms with Crippen LogP contribution in [0.5, 0.6) is 0 Å². The fraction of sp³-hybridized carbons (Fsp3) is 0.452. The largest absolute Gasteiger partial charge is 0.444 e. The highest BCUT2D eigenvalue weighted by Gasteiger charge is 2.49. The van der Waals surface area contributed by atoms with Gasteiger partial charge in [-0.2, -0.15) is 0 Å². The van der Waals surface area contributed by atoms with Crippen molar-refractivity contribution in [2.75, 3.05) is 11.1 Å². The number of hydrogen-bond donors (Lipinski definition) is 3. The summed E-state index contributed by atoms with van der Waals surface area (Å²) in [7, 11) is 1.78. The summed E-state index contributed by atoms with van der Waals surface area (Å²) in [5, 5.41) is 14.0. The summed E-state index contributed by atoms with van der Waals surface area (Å²) in [6.45, 7) is 5.28. The van der Waals surface area contributed by atoms with Gasteiger partial charge >= 0.3 is 6.09 Å². The molecule has 0 saturated heterocycles. The zero-order valence-corrected chi connectivity index (χ0v) is 26.1. The van der Waals surface area contributed by atoms with Gasteiger partial charge in [-0.1, -0.05) is 11.6 Å². The Labute approximate surface area is 259 Å². The molecule has 2 aromatic carbocycles. The number of thioether (sulfide) groups is 1.